The molecule has 1 atom stereocenters. The molecular weight excluding hydrogens is 438 g/mol. The van der Waals surface area contributed by atoms with E-state index in [1.807, 2.05) is 13.8 Å². The van der Waals surface area contributed by atoms with E-state index in [9.17, 15) is 18.0 Å². The van der Waals surface area contributed by atoms with Crippen molar-refractivity contribution in [1.29, 1.82) is 0 Å². The maximum atomic E-state index is 13.3. The fraction of sp³-hybridized carbons (Fsp3) is 0.364. The van der Waals surface area contributed by atoms with Gasteiger partial charge in [-0.2, -0.15) is 0 Å². The van der Waals surface area contributed by atoms with Crippen molar-refractivity contribution in [3.8, 4) is 0 Å². The zero-order chi connectivity index (χ0) is 23.2. The number of halogens is 1. The third-order valence-corrected chi connectivity index (χ3v) is 6.13. The fourth-order valence-electron chi connectivity index (χ4n) is 3.01. The monoisotopic (exact) mass is 465 g/mol. The number of sulfonamides is 1. The second-order valence-electron chi connectivity index (χ2n) is 7.56. The summed E-state index contributed by atoms with van der Waals surface area (Å²) >= 11 is 6.27. The molecule has 0 aromatic heterocycles. The quantitative estimate of drug-likeness (QED) is 0.616. The lowest BCUT2D eigenvalue weighted by molar-refractivity contribution is -0.139. The van der Waals surface area contributed by atoms with Crippen LogP contribution in [0.1, 0.15) is 26.3 Å². The molecule has 2 aromatic rings. The molecule has 2 aromatic carbocycles. The first kappa shape index (κ1) is 24.7. The second kappa shape index (κ2) is 10.6. The first-order valence-electron chi connectivity index (χ1n) is 9.86. The molecule has 0 saturated heterocycles. The molecule has 1 unspecified atom stereocenters. The molecule has 0 bridgehead atoms. The van der Waals surface area contributed by atoms with E-state index >= 15 is 0 Å². The third-order valence-electron chi connectivity index (χ3n) is 4.62. The molecule has 2 rings (SSSR count). The van der Waals surface area contributed by atoms with E-state index in [1.54, 1.807) is 61.5 Å². The van der Waals surface area contributed by atoms with Crippen LogP contribution in [0.4, 0.5) is 5.69 Å². The van der Waals surface area contributed by atoms with Crippen LogP contribution in [0, 0.1) is 0 Å². The van der Waals surface area contributed by atoms with Gasteiger partial charge in [0, 0.05) is 17.6 Å². The first-order chi connectivity index (χ1) is 14.5. The molecule has 0 radical (unpaired) electrons. The van der Waals surface area contributed by atoms with Crippen molar-refractivity contribution in [2.45, 2.75) is 39.4 Å². The maximum absolute atomic E-state index is 13.3. The summed E-state index contributed by atoms with van der Waals surface area (Å²) in [6, 6.07) is 14.5. The van der Waals surface area contributed by atoms with Crippen LogP contribution in [0.3, 0.4) is 0 Å². The van der Waals surface area contributed by atoms with Crippen molar-refractivity contribution in [2.75, 3.05) is 17.1 Å². The lowest BCUT2D eigenvalue weighted by Gasteiger charge is -2.32. The Hall–Kier alpha value is -2.58. The molecule has 0 aliphatic carbocycles. The van der Waals surface area contributed by atoms with Gasteiger partial charge in [0.1, 0.15) is 12.6 Å². The Kier molecular flexibility index (Phi) is 8.47. The Morgan fingerprint density at radius 1 is 1.00 bits per heavy atom. The molecule has 31 heavy (non-hydrogen) atoms. The molecule has 1 N–H and O–H groups in total. The highest BCUT2D eigenvalue weighted by Gasteiger charge is 2.30. The number of nitrogens with one attached hydrogen (secondary N) is 1. The summed E-state index contributed by atoms with van der Waals surface area (Å²) in [5, 5.41) is 3.25. The van der Waals surface area contributed by atoms with Gasteiger partial charge < -0.3 is 10.2 Å². The molecule has 0 saturated carbocycles. The Labute approximate surface area is 189 Å². The van der Waals surface area contributed by atoms with Gasteiger partial charge in [0.05, 0.1) is 11.9 Å². The van der Waals surface area contributed by atoms with Gasteiger partial charge in [0.2, 0.25) is 21.8 Å². The van der Waals surface area contributed by atoms with Crippen LogP contribution in [-0.4, -0.2) is 50.0 Å². The van der Waals surface area contributed by atoms with Crippen LogP contribution < -0.4 is 9.62 Å². The smallest absolute Gasteiger partial charge is 0.244 e. The van der Waals surface area contributed by atoms with E-state index in [0.717, 1.165) is 10.6 Å². The molecule has 0 heterocycles. The topological polar surface area (TPSA) is 86.8 Å². The standard InChI is InChI=1S/C22H28ClN3O4S/c1-16(2)24-22(28)17(3)25(14-18-10-8-9-13-20(18)23)21(27)15-26(31(4,29)30)19-11-6-5-7-12-19/h5-13,16-17H,14-15H2,1-4H3,(H,24,28). The number of carbonyl (C=O) groups excluding carboxylic acids is 2. The summed E-state index contributed by atoms with van der Waals surface area (Å²) in [5.41, 5.74) is 1.03. The van der Waals surface area contributed by atoms with Crippen molar-refractivity contribution < 1.29 is 18.0 Å². The Morgan fingerprint density at radius 2 is 1.58 bits per heavy atom. The minimum Gasteiger partial charge on any atom is -0.352 e. The van der Waals surface area contributed by atoms with Crippen LogP contribution >= 0.6 is 11.6 Å². The van der Waals surface area contributed by atoms with Crippen LogP contribution in [0.2, 0.25) is 5.02 Å². The summed E-state index contributed by atoms with van der Waals surface area (Å²) in [7, 11) is -3.73. The van der Waals surface area contributed by atoms with Crippen molar-refractivity contribution in [3.05, 3.63) is 65.2 Å². The summed E-state index contributed by atoms with van der Waals surface area (Å²) in [4.78, 5) is 27.3. The number of hydrogen-bond acceptors (Lipinski definition) is 4. The fourth-order valence-corrected chi connectivity index (χ4v) is 4.05. The van der Waals surface area contributed by atoms with Gasteiger partial charge >= 0.3 is 0 Å². The molecule has 9 heteroatoms. The van der Waals surface area contributed by atoms with Gasteiger partial charge in [-0.05, 0) is 44.5 Å². The SMILES string of the molecule is CC(C)NC(=O)C(C)N(Cc1ccccc1Cl)C(=O)CN(c1ccccc1)S(C)(=O)=O. The highest BCUT2D eigenvalue weighted by Crippen LogP contribution is 2.21. The van der Waals surface area contributed by atoms with Gasteiger partial charge in [0.15, 0.2) is 0 Å². The number of rotatable bonds is 9. The summed E-state index contributed by atoms with van der Waals surface area (Å²) in [5.74, 6) is -0.846. The molecule has 0 fully saturated rings. The van der Waals surface area contributed by atoms with E-state index < -0.39 is 28.5 Å². The van der Waals surface area contributed by atoms with Crippen LogP contribution in [0.25, 0.3) is 0 Å². The Morgan fingerprint density at radius 3 is 2.13 bits per heavy atom. The molecular formula is C22H28ClN3O4S. The van der Waals surface area contributed by atoms with Crippen LogP contribution in [-0.2, 0) is 26.2 Å². The number of amides is 2. The number of nitrogens with zero attached hydrogens (tertiary/aromatic N) is 2. The van der Waals surface area contributed by atoms with Crippen molar-refractivity contribution >= 4 is 39.1 Å². The first-order valence-corrected chi connectivity index (χ1v) is 12.1. The minimum atomic E-state index is -3.73. The predicted octanol–water partition coefficient (Wildman–Crippen LogP) is 3.05. The van der Waals surface area contributed by atoms with Gasteiger partial charge in [-0.1, -0.05) is 48.0 Å². The molecule has 168 valence electrons. The number of carbonyl (C=O) groups is 2. The number of anilines is 1. The third kappa shape index (κ3) is 6.97. The second-order valence-corrected chi connectivity index (χ2v) is 9.87. The van der Waals surface area contributed by atoms with E-state index in [4.69, 9.17) is 11.6 Å². The van der Waals surface area contributed by atoms with Gasteiger partial charge in [-0.3, -0.25) is 13.9 Å². The Bertz CT molecular complexity index is 1010. The highest BCUT2D eigenvalue weighted by atomic mass is 35.5. The Balaban J connectivity index is 2.38. The minimum absolute atomic E-state index is 0.0670. The summed E-state index contributed by atoms with van der Waals surface area (Å²) < 4.78 is 25.8. The lowest BCUT2D eigenvalue weighted by Crippen LogP contribution is -2.52. The predicted molar refractivity (Wildman–Crippen MR) is 123 cm³/mol. The number of para-hydroxylation sites is 1. The largest absolute Gasteiger partial charge is 0.352 e. The normalized spacial score (nSPS) is 12.3. The van der Waals surface area contributed by atoms with Gasteiger partial charge in [0.25, 0.3) is 0 Å². The molecule has 0 aliphatic rings. The van der Waals surface area contributed by atoms with E-state index in [1.165, 1.54) is 4.90 Å². The summed E-state index contributed by atoms with van der Waals surface area (Å²) in [6.07, 6.45) is 1.04. The summed E-state index contributed by atoms with van der Waals surface area (Å²) in [6.45, 7) is 4.89. The molecule has 0 spiro atoms. The number of benzene rings is 2. The maximum Gasteiger partial charge on any atom is 0.244 e. The van der Waals surface area contributed by atoms with E-state index in [2.05, 4.69) is 5.32 Å². The zero-order valence-corrected chi connectivity index (χ0v) is 19.7. The zero-order valence-electron chi connectivity index (χ0n) is 18.1. The van der Waals surface area contributed by atoms with Crippen molar-refractivity contribution in [1.82, 2.24) is 10.2 Å². The van der Waals surface area contributed by atoms with Crippen molar-refractivity contribution in [2.24, 2.45) is 0 Å². The van der Waals surface area contributed by atoms with Crippen LogP contribution in [0.15, 0.2) is 54.6 Å². The van der Waals surface area contributed by atoms with Gasteiger partial charge in [-0.25, -0.2) is 8.42 Å². The van der Waals surface area contributed by atoms with Gasteiger partial charge in [-0.15, -0.1) is 0 Å². The highest BCUT2D eigenvalue weighted by molar-refractivity contribution is 7.92. The van der Waals surface area contributed by atoms with Crippen LogP contribution in [0.5, 0.6) is 0 Å². The molecule has 0 aliphatic heterocycles. The van der Waals surface area contributed by atoms with E-state index in [-0.39, 0.29) is 18.5 Å². The molecule has 7 nitrogen and oxygen atoms in total. The number of hydrogen-bond donors (Lipinski definition) is 1. The average Bonchev–Trinajstić information content (AvgIpc) is 2.70. The van der Waals surface area contributed by atoms with E-state index in [0.29, 0.717) is 16.3 Å². The average molecular weight is 466 g/mol. The lowest BCUT2D eigenvalue weighted by atomic mass is 10.1. The van der Waals surface area contributed by atoms with Crippen molar-refractivity contribution in [3.63, 3.8) is 0 Å². The molecule has 2 amide bonds.